The Hall–Kier alpha value is -2.50. The molecule has 0 N–H and O–H groups in total. The van der Waals surface area contributed by atoms with Gasteiger partial charge < -0.3 is 18.9 Å². The summed E-state index contributed by atoms with van der Waals surface area (Å²) in [5.74, 6) is 0.751. The molecule has 0 unspecified atom stereocenters. The molecule has 0 spiro atoms. The Bertz CT molecular complexity index is 507. The summed E-state index contributed by atoms with van der Waals surface area (Å²) in [4.78, 5) is 21.9. The average Bonchev–Trinajstić information content (AvgIpc) is 2.50. The first kappa shape index (κ1) is 15.6. The number of rotatable bonds is 7. The topological polar surface area (TPSA) is 71.1 Å². The lowest BCUT2D eigenvalue weighted by Crippen LogP contribution is -2.01. The number of carbonyl (C=O) groups is 2. The van der Waals surface area contributed by atoms with Gasteiger partial charge in [0.15, 0.2) is 17.8 Å². The Morgan fingerprint density at radius 1 is 1.10 bits per heavy atom. The Morgan fingerprint density at radius 3 is 2.30 bits per heavy atom. The lowest BCUT2D eigenvalue weighted by molar-refractivity contribution is -0.134. The lowest BCUT2D eigenvalue weighted by Gasteiger charge is -2.12. The molecule has 0 atom stereocenters. The van der Waals surface area contributed by atoms with E-state index in [4.69, 9.17) is 14.2 Å². The van der Waals surface area contributed by atoms with E-state index in [1.807, 2.05) is 0 Å². The monoisotopic (exact) mass is 280 g/mol. The number of hydrogen-bond acceptors (Lipinski definition) is 6. The number of hydrogen-bond donors (Lipinski definition) is 0. The van der Waals surface area contributed by atoms with E-state index in [0.29, 0.717) is 29.1 Å². The van der Waals surface area contributed by atoms with Crippen LogP contribution in [0.2, 0.25) is 0 Å². The quantitative estimate of drug-likeness (QED) is 0.429. The Kier molecular flexibility index (Phi) is 6.09. The predicted octanol–water partition coefficient (Wildman–Crippen LogP) is 1.62. The molecule has 0 saturated carbocycles. The predicted molar refractivity (Wildman–Crippen MR) is 71.6 cm³/mol. The van der Waals surface area contributed by atoms with Gasteiger partial charge in [-0.3, -0.25) is 4.79 Å². The maximum Gasteiger partial charge on any atom is 0.330 e. The summed E-state index contributed by atoms with van der Waals surface area (Å²) in [6, 6.07) is 3.07. The number of ether oxygens (including phenoxy) is 4. The molecule has 20 heavy (non-hydrogen) atoms. The van der Waals surface area contributed by atoms with Crippen molar-refractivity contribution < 1.29 is 28.5 Å². The molecule has 1 aromatic carbocycles. The number of methoxy groups -OCH3 is 3. The third-order valence-electron chi connectivity index (χ3n) is 2.43. The van der Waals surface area contributed by atoms with Crippen LogP contribution >= 0.6 is 0 Å². The summed E-state index contributed by atoms with van der Waals surface area (Å²) in [5.41, 5.74) is 0.328. The van der Waals surface area contributed by atoms with Gasteiger partial charge in [0.2, 0.25) is 0 Å². The van der Waals surface area contributed by atoms with Crippen LogP contribution in [0.1, 0.15) is 10.4 Å². The Balaban J connectivity index is 2.85. The van der Waals surface area contributed by atoms with E-state index in [1.165, 1.54) is 39.5 Å². The van der Waals surface area contributed by atoms with Gasteiger partial charge in [-0.25, -0.2) is 4.79 Å². The lowest BCUT2D eigenvalue weighted by atomic mass is 10.2. The smallest absolute Gasteiger partial charge is 0.330 e. The van der Waals surface area contributed by atoms with Crippen molar-refractivity contribution in [3.8, 4) is 17.2 Å². The van der Waals surface area contributed by atoms with E-state index in [1.54, 1.807) is 6.07 Å². The van der Waals surface area contributed by atoms with Crippen molar-refractivity contribution in [2.24, 2.45) is 0 Å². The van der Waals surface area contributed by atoms with Crippen LogP contribution in [0.3, 0.4) is 0 Å². The summed E-state index contributed by atoms with van der Waals surface area (Å²) >= 11 is 0. The van der Waals surface area contributed by atoms with Crippen molar-refractivity contribution in [2.75, 3.05) is 27.9 Å². The van der Waals surface area contributed by atoms with Crippen LogP contribution < -0.4 is 14.2 Å². The van der Waals surface area contributed by atoms with Crippen LogP contribution in [0.25, 0.3) is 0 Å². The maximum atomic E-state index is 11.0. The average molecular weight is 280 g/mol. The molecular weight excluding hydrogens is 264 g/mol. The maximum absolute atomic E-state index is 11.0. The van der Waals surface area contributed by atoms with Crippen LogP contribution in [0.15, 0.2) is 24.3 Å². The van der Waals surface area contributed by atoms with Gasteiger partial charge in [-0.15, -0.1) is 0 Å². The molecule has 0 heterocycles. The van der Waals surface area contributed by atoms with Crippen molar-refractivity contribution in [1.82, 2.24) is 0 Å². The van der Waals surface area contributed by atoms with Gasteiger partial charge in [0.25, 0.3) is 0 Å². The molecule has 1 rings (SSSR count). The fraction of sp³-hybridized carbons (Fsp3) is 0.286. The van der Waals surface area contributed by atoms with E-state index in [0.717, 1.165) is 0 Å². The van der Waals surface area contributed by atoms with Crippen molar-refractivity contribution >= 4 is 12.3 Å². The minimum Gasteiger partial charge on any atom is -0.493 e. The summed E-state index contributed by atoms with van der Waals surface area (Å²) in [7, 11) is 4.25. The molecule has 0 aliphatic rings. The third kappa shape index (κ3) is 4.01. The van der Waals surface area contributed by atoms with Gasteiger partial charge in [-0.2, -0.15) is 0 Å². The molecule has 0 saturated heterocycles. The summed E-state index contributed by atoms with van der Waals surface area (Å²) < 4.78 is 20.1. The highest BCUT2D eigenvalue weighted by Gasteiger charge is 2.11. The van der Waals surface area contributed by atoms with Gasteiger partial charge in [-0.1, -0.05) is 0 Å². The first-order chi connectivity index (χ1) is 9.65. The second-order valence-corrected chi connectivity index (χ2v) is 3.60. The van der Waals surface area contributed by atoms with Crippen LogP contribution in [0.5, 0.6) is 17.2 Å². The summed E-state index contributed by atoms with van der Waals surface area (Å²) in [5, 5.41) is 0. The molecule has 0 fully saturated rings. The molecule has 0 aromatic heterocycles. The van der Waals surface area contributed by atoms with Gasteiger partial charge in [0.05, 0.1) is 26.9 Å². The van der Waals surface area contributed by atoms with E-state index in [-0.39, 0.29) is 6.61 Å². The molecular formula is C14H16O6. The van der Waals surface area contributed by atoms with Gasteiger partial charge in [0, 0.05) is 12.1 Å². The van der Waals surface area contributed by atoms with E-state index >= 15 is 0 Å². The fourth-order valence-electron chi connectivity index (χ4n) is 1.44. The fourth-order valence-corrected chi connectivity index (χ4v) is 1.44. The first-order valence-electron chi connectivity index (χ1n) is 5.74. The van der Waals surface area contributed by atoms with Crippen LogP contribution in [-0.2, 0) is 9.53 Å². The van der Waals surface area contributed by atoms with Crippen molar-refractivity contribution in [2.45, 2.75) is 0 Å². The normalized spacial score (nSPS) is 10.2. The highest BCUT2D eigenvalue weighted by Crippen LogP contribution is 2.33. The SMILES string of the molecule is COC(=O)C=CCOc1cc(OC)c(OC)cc1C=O. The zero-order valence-electron chi connectivity index (χ0n) is 11.5. The Morgan fingerprint density at radius 2 is 1.75 bits per heavy atom. The number of carbonyl (C=O) groups excluding carboxylic acids is 2. The van der Waals surface area contributed by atoms with Crippen LogP contribution in [-0.4, -0.2) is 40.2 Å². The molecule has 6 heteroatoms. The van der Waals surface area contributed by atoms with Crippen molar-refractivity contribution in [1.29, 1.82) is 0 Å². The molecule has 1 aromatic rings. The second kappa shape index (κ2) is 7.83. The minimum atomic E-state index is -0.475. The molecule has 0 amide bonds. The van der Waals surface area contributed by atoms with E-state index in [9.17, 15) is 9.59 Å². The zero-order valence-corrected chi connectivity index (χ0v) is 11.5. The zero-order chi connectivity index (χ0) is 15.0. The standard InChI is InChI=1S/C14H16O6/c1-17-12-7-10(9-15)11(8-13(12)18-2)20-6-4-5-14(16)19-3/h4-5,7-9H,6H2,1-3H3. The molecule has 108 valence electrons. The van der Waals surface area contributed by atoms with Crippen molar-refractivity contribution in [3.05, 3.63) is 29.8 Å². The highest BCUT2D eigenvalue weighted by atomic mass is 16.5. The molecule has 0 aliphatic carbocycles. The van der Waals surface area contributed by atoms with E-state index < -0.39 is 5.97 Å². The van der Waals surface area contributed by atoms with Crippen LogP contribution in [0, 0.1) is 0 Å². The summed E-state index contributed by atoms with van der Waals surface area (Å²) in [6.07, 6.45) is 3.37. The van der Waals surface area contributed by atoms with Gasteiger partial charge >= 0.3 is 5.97 Å². The highest BCUT2D eigenvalue weighted by molar-refractivity contribution is 5.82. The molecule has 0 bridgehead atoms. The third-order valence-corrected chi connectivity index (χ3v) is 2.43. The first-order valence-corrected chi connectivity index (χ1v) is 5.74. The summed E-state index contributed by atoms with van der Waals surface area (Å²) in [6.45, 7) is 0.116. The van der Waals surface area contributed by atoms with Crippen LogP contribution in [0.4, 0.5) is 0 Å². The largest absolute Gasteiger partial charge is 0.493 e. The number of benzene rings is 1. The Labute approximate surface area is 116 Å². The number of esters is 1. The minimum absolute atomic E-state index is 0.116. The second-order valence-electron chi connectivity index (χ2n) is 3.60. The van der Waals surface area contributed by atoms with Gasteiger partial charge in [0.1, 0.15) is 12.4 Å². The van der Waals surface area contributed by atoms with Crippen molar-refractivity contribution in [3.63, 3.8) is 0 Å². The van der Waals surface area contributed by atoms with Gasteiger partial charge in [-0.05, 0) is 12.1 Å². The molecule has 6 nitrogen and oxygen atoms in total. The molecule has 0 radical (unpaired) electrons. The number of aldehydes is 1. The molecule has 0 aliphatic heterocycles. The van der Waals surface area contributed by atoms with E-state index in [2.05, 4.69) is 4.74 Å².